The van der Waals surface area contributed by atoms with Gasteiger partial charge in [-0.25, -0.2) is 15.0 Å². The number of halogens is 3. The molecule has 0 unspecified atom stereocenters. The number of nitrogens with one attached hydrogen (secondary N) is 2. The van der Waals surface area contributed by atoms with Crippen molar-refractivity contribution in [1.29, 1.82) is 0 Å². The van der Waals surface area contributed by atoms with Crippen LogP contribution in [0.5, 0.6) is 0 Å². The van der Waals surface area contributed by atoms with E-state index in [0.29, 0.717) is 11.5 Å². The second kappa shape index (κ2) is 11.5. The van der Waals surface area contributed by atoms with Crippen molar-refractivity contribution < 1.29 is 22.5 Å². The summed E-state index contributed by atoms with van der Waals surface area (Å²) in [6, 6.07) is 1.41. The Morgan fingerprint density at radius 3 is 2.48 bits per heavy atom. The van der Waals surface area contributed by atoms with Crippen LogP contribution in [0.25, 0.3) is 11.5 Å². The topological polar surface area (TPSA) is 129 Å². The second-order valence-corrected chi connectivity index (χ2v) is 11.0. The third-order valence-electron chi connectivity index (χ3n) is 7.76. The van der Waals surface area contributed by atoms with Gasteiger partial charge in [-0.1, -0.05) is 11.6 Å². The maximum atomic E-state index is 13.2. The Balaban J connectivity index is 1.12. The van der Waals surface area contributed by atoms with E-state index in [1.165, 1.54) is 45.0 Å². The number of alkyl halides is 3. The van der Waals surface area contributed by atoms with Crippen molar-refractivity contribution in [3.8, 4) is 11.5 Å². The number of likely N-dealkylation sites (tertiary alicyclic amines) is 1. The molecule has 0 atom stereocenters. The number of aromatic nitrogens is 6. The molecular weight excluding hydrogens is 527 g/mol. The minimum absolute atomic E-state index is 0.0786. The summed E-state index contributed by atoms with van der Waals surface area (Å²) in [5.41, 5.74) is -0.989. The van der Waals surface area contributed by atoms with Gasteiger partial charge in [-0.15, -0.1) is 0 Å². The van der Waals surface area contributed by atoms with E-state index in [0.717, 1.165) is 51.4 Å². The molecular formula is C26H34F3N9O2. The third-order valence-corrected chi connectivity index (χ3v) is 7.76. The Morgan fingerprint density at radius 1 is 1.10 bits per heavy atom. The van der Waals surface area contributed by atoms with Crippen LogP contribution in [0, 0.1) is 5.92 Å². The van der Waals surface area contributed by atoms with Gasteiger partial charge in [0.25, 0.3) is 5.91 Å². The molecule has 0 radical (unpaired) electrons. The van der Waals surface area contributed by atoms with Gasteiger partial charge in [0.1, 0.15) is 11.2 Å². The highest BCUT2D eigenvalue weighted by molar-refractivity contribution is 5.92. The summed E-state index contributed by atoms with van der Waals surface area (Å²) in [5, 5.41) is 12.5. The van der Waals surface area contributed by atoms with Crippen molar-refractivity contribution in [2.45, 2.75) is 64.1 Å². The fraction of sp³-hybridized carbons (Fsp3) is 0.615. The highest BCUT2D eigenvalue weighted by Gasteiger charge is 2.51. The van der Waals surface area contributed by atoms with Crippen LogP contribution in [-0.2, 0) is 12.0 Å². The largest absolute Gasteiger partial charge is 0.401 e. The highest BCUT2D eigenvalue weighted by atomic mass is 19.4. The van der Waals surface area contributed by atoms with Crippen molar-refractivity contribution in [3.05, 3.63) is 35.9 Å². The van der Waals surface area contributed by atoms with Gasteiger partial charge >= 0.3 is 6.18 Å². The average Bonchev–Trinajstić information content (AvgIpc) is 3.63. The number of H-pyrrole nitrogens is 1. The minimum Gasteiger partial charge on any atom is -0.369 e. The van der Waals surface area contributed by atoms with Gasteiger partial charge in [0, 0.05) is 25.7 Å². The number of hydrogen-bond donors (Lipinski definition) is 2. The van der Waals surface area contributed by atoms with Crippen LogP contribution in [0.2, 0.25) is 0 Å². The molecule has 2 fully saturated rings. The Morgan fingerprint density at radius 2 is 1.80 bits per heavy atom. The normalized spacial score (nSPS) is 17.8. The van der Waals surface area contributed by atoms with Crippen molar-refractivity contribution >= 4 is 11.6 Å². The quantitative estimate of drug-likeness (QED) is 0.423. The lowest BCUT2D eigenvalue weighted by atomic mass is 9.92. The van der Waals surface area contributed by atoms with E-state index in [4.69, 9.17) is 4.52 Å². The SMILES string of the molecule is CC(C)(c1n[nH]c(CNC(=O)c2cc(-c3ncc(N4CCC(CN5CCCCC5)CC4)cn3)no2)n1)C(F)(F)F. The molecule has 1 amide bonds. The van der Waals surface area contributed by atoms with Crippen molar-refractivity contribution in [2.75, 3.05) is 37.6 Å². The number of nitrogens with zero attached hydrogens (tertiary/aromatic N) is 7. The predicted molar refractivity (Wildman–Crippen MR) is 139 cm³/mol. The summed E-state index contributed by atoms with van der Waals surface area (Å²) < 4.78 is 44.8. The van der Waals surface area contributed by atoms with E-state index in [1.54, 1.807) is 12.4 Å². The fourth-order valence-electron chi connectivity index (χ4n) is 5.02. The van der Waals surface area contributed by atoms with Crippen LogP contribution in [0.15, 0.2) is 23.0 Å². The van der Waals surface area contributed by atoms with Crippen LogP contribution in [0.1, 0.15) is 68.2 Å². The molecule has 11 nitrogen and oxygen atoms in total. The van der Waals surface area contributed by atoms with E-state index < -0.39 is 23.3 Å². The van der Waals surface area contributed by atoms with Gasteiger partial charge in [-0.05, 0) is 58.5 Å². The Bertz CT molecular complexity index is 1280. The lowest BCUT2D eigenvalue weighted by Crippen LogP contribution is -2.40. The third kappa shape index (κ3) is 6.26. The summed E-state index contributed by atoms with van der Waals surface area (Å²) in [7, 11) is 0. The maximum Gasteiger partial charge on any atom is 0.401 e. The van der Waals surface area contributed by atoms with Crippen LogP contribution in [0.3, 0.4) is 0 Å². The standard InChI is InChI=1S/C26H34F3N9O2/c1-25(2,26(27,28)29)24-33-21(34-35-24)15-32-23(39)20-12-19(36-40-20)22-30-13-18(14-31-22)38-10-6-17(7-11-38)16-37-8-4-3-5-9-37/h12-14,17H,3-11,15-16H2,1-2H3,(H,32,39)(H,33,34,35). The Kier molecular flexibility index (Phi) is 8.06. The fourth-order valence-corrected chi connectivity index (χ4v) is 5.02. The predicted octanol–water partition coefficient (Wildman–Crippen LogP) is 3.72. The van der Waals surface area contributed by atoms with Crippen LogP contribution in [-0.4, -0.2) is 80.0 Å². The molecule has 3 aromatic heterocycles. The van der Waals surface area contributed by atoms with Gasteiger partial charge in [0.2, 0.25) is 5.76 Å². The second-order valence-electron chi connectivity index (χ2n) is 11.0. The molecule has 0 saturated carbocycles. The van der Waals surface area contributed by atoms with Gasteiger partial charge in [-0.3, -0.25) is 9.89 Å². The molecule has 5 rings (SSSR count). The van der Waals surface area contributed by atoms with E-state index in [1.807, 2.05) is 0 Å². The Labute approximate surface area is 229 Å². The van der Waals surface area contributed by atoms with Gasteiger partial charge in [0.15, 0.2) is 17.3 Å². The Hall–Kier alpha value is -3.55. The molecule has 2 aliphatic heterocycles. The summed E-state index contributed by atoms with van der Waals surface area (Å²) in [4.78, 5) is 30.1. The summed E-state index contributed by atoms with van der Waals surface area (Å²) in [6.07, 6.45) is 5.28. The number of hydrogen-bond acceptors (Lipinski definition) is 9. The summed E-state index contributed by atoms with van der Waals surface area (Å²) >= 11 is 0. The number of aromatic amines is 1. The lowest BCUT2D eigenvalue weighted by molar-refractivity contribution is -0.182. The van der Waals surface area contributed by atoms with E-state index in [9.17, 15) is 18.0 Å². The number of piperidine rings is 2. The van der Waals surface area contributed by atoms with E-state index in [2.05, 4.69) is 45.4 Å². The molecule has 2 N–H and O–H groups in total. The molecule has 0 spiro atoms. The minimum atomic E-state index is -4.52. The molecule has 2 saturated heterocycles. The molecule has 0 bridgehead atoms. The number of rotatable bonds is 8. The molecule has 40 heavy (non-hydrogen) atoms. The van der Waals surface area contributed by atoms with Gasteiger partial charge in [0.05, 0.1) is 24.6 Å². The van der Waals surface area contributed by atoms with Crippen molar-refractivity contribution in [2.24, 2.45) is 5.92 Å². The summed E-state index contributed by atoms with van der Waals surface area (Å²) in [6.45, 7) is 7.40. The smallest absolute Gasteiger partial charge is 0.369 e. The molecule has 3 aromatic rings. The first kappa shape index (κ1) is 28.0. The monoisotopic (exact) mass is 561 g/mol. The molecule has 0 aromatic carbocycles. The van der Waals surface area contributed by atoms with Gasteiger partial charge in [-0.2, -0.15) is 18.3 Å². The van der Waals surface area contributed by atoms with Crippen LogP contribution < -0.4 is 10.2 Å². The average molecular weight is 562 g/mol. The molecule has 2 aliphatic rings. The lowest BCUT2D eigenvalue weighted by Gasteiger charge is -2.36. The molecule has 14 heteroatoms. The molecule has 5 heterocycles. The first-order valence-electron chi connectivity index (χ1n) is 13.6. The first-order valence-corrected chi connectivity index (χ1v) is 13.6. The van der Waals surface area contributed by atoms with Crippen LogP contribution >= 0.6 is 0 Å². The number of carbonyl (C=O) groups excluding carboxylic acids is 1. The van der Waals surface area contributed by atoms with Crippen molar-refractivity contribution in [3.63, 3.8) is 0 Å². The zero-order chi connectivity index (χ0) is 28.3. The number of carbonyl (C=O) groups is 1. The first-order chi connectivity index (χ1) is 19.1. The maximum absolute atomic E-state index is 13.2. The summed E-state index contributed by atoms with van der Waals surface area (Å²) in [5.74, 6) is 0.0148. The zero-order valence-electron chi connectivity index (χ0n) is 22.7. The van der Waals surface area contributed by atoms with Gasteiger partial charge < -0.3 is 19.6 Å². The highest BCUT2D eigenvalue weighted by Crippen LogP contribution is 2.38. The van der Waals surface area contributed by atoms with Crippen molar-refractivity contribution in [1.82, 2.24) is 40.5 Å². The van der Waals surface area contributed by atoms with E-state index >= 15 is 0 Å². The van der Waals surface area contributed by atoms with E-state index in [-0.39, 0.29) is 18.1 Å². The molecule has 0 aliphatic carbocycles. The number of anilines is 1. The number of amides is 1. The molecule has 216 valence electrons. The van der Waals surface area contributed by atoms with Crippen LogP contribution in [0.4, 0.5) is 18.9 Å². The zero-order valence-corrected chi connectivity index (χ0v) is 22.7.